The van der Waals surface area contributed by atoms with E-state index in [1.807, 2.05) is 25.1 Å². The molecular formula is C20H25NO4. The van der Waals surface area contributed by atoms with Gasteiger partial charge in [0, 0.05) is 12.6 Å². The van der Waals surface area contributed by atoms with Gasteiger partial charge in [0.25, 0.3) is 0 Å². The first kappa shape index (κ1) is 17.4. The molecule has 1 atom stereocenters. The van der Waals surface area contributed by atoms with Crippen molar-refractivity contribution in [1.82, 2.24) is 4.90 Å². The van der Waals surface area contributed by atoms with Gasteiger partial charge in [-0.3, -0.25) is 4.90 Å². The number of aryl methyl sites for hydroxylation is 1. The van der Waals surface area contributed by atoms with Crippen LogP contribution in [0.3, 0.4) is 0 Å². The molecule has 5 nitrogen and oxygen atoms in total. The van der Waals surface area contributed by atoms with Gasteiger partial charge in [-0.2, -0.15) is 0 Å². The standard InChI is InChI=1S/C20H25NO4/c1-12-7-13(9-18(23)20(12)25-4)8-16-15-11-17(22)19(24-3)10-14(15)5-6-21(16)2/h7,9-11,16,22-23H,5-6,8H2,1-4H3/t16-/m1/s1. The summed E-state index contributed by atoms with van der Waals surface area (Å²) in [5.74, 6) is 1.35. The fourth-order valence-corrected chi connectivity index (χ4v) is 3.71. The van der Waals surface area contributed by atoms with Gasteiger partial charge in [0.2, 0.25) is 0 Å². The molecule has 0 spiro atoms. The maximum absolute atomic E-state index is 10.2. The average Bonchev–Trinajstić information content (AvgIpc) is 2.57. The number of phenols is 2. The SMILES string of the molecule is COc1cc2c(cc1O)[C@@H](Cc1cc(C)c(OC)c(O)c1)N(C)CC2. The molecule has 1 heterocycles. The molecule has 0 amide bonds. The molecule has 25 heavy (non-hydrogen) atoms. The van der Waals surface area contributed by atoms with Crippen LogP contribution in [0.5, 0.6) is 23.0 Å². The van der Waals surface area contributed by atoms with E-state index in [2.05, 4.69) is 11.9 Å². The van der Waals surface area contributed by atoms with E-state index in [4.69, 9.17) is 9.47 Å². The highest BCUT2D eigenvalue weighted by molar-refractivity contribution is 5.51. The van der Waals surface area contributed by atoms with Crippen LogP contribution in [0.15, 0.2) is 24.3 Å². The second kappa shape index (κ2) is 6.84. The first-order chi connectivity index (χ1) is 11.9. The van der Waals surface area contributed by atoms with Crippen molar-refractivity contribution in [3.8, 4) is 23.0 Å². The Morgan fingerprint density at radius 1 is 1.08 bits per heavy atom. The Balaban J connectivity index is 1.97. The van der Waals surface area contributed by atoms with Gasteiger partial charge in [0.15, 0.2) is 23.0 Å². The van der Waals surface area contributed by atoms with Crippen LogP contribution in [0.1, 0.15) is 28.3 Å². The third kappa shape index (κ3) is 3.24. The summed E-state index contributed by atoms with van der Waals surface area (Å²) < 4.78 is 10.5. The lowest BCUT2D eigenvalue weighted by Gasteiger charge is -2.35. The Morgan fingerprint density at radius 3 is 2.48 bits per heavy atom. The highest BCUT2D eigenvalue weighted by Gasteiger charge is 2.27. The van der Waals surface area contributed by atoms with Crippen molar-refractivity contribution in [3.63, 3.8) is 0 Å². The first-order valence-corrected chi connectivity index (χ1v) is 8.41. The summed E-state index contributed by atoms with van der Waals surface area (Å²) in [5, 5.41) is 20.4. The quantitative estimate of drug-likeness (QED) is 0.893. The molecule has 3 rings (SSSR count). The van der Waals surface area contributed by atoms with Crippen molar-refractivity contribution in [2.24, 2.45) is 0 Å². The number of ether oxygens (including phenoxy) is 2. The molecule has 0 aliphatic carbocycles. The minimum absolute atomic E-state index is 0.132. The smallest absolute Gasteiger partial charge is 0.163 e. The number of hydrogen-bond acceptors (Lipinski definition) is 5. The van der Waals surface area contributed by atoms with Crippen LogP contribution < -0.4 is 9.47 Å². The summed E-state index contributed by atoms with van der Waals surface area (Å²) in [6.07, 6.45) is 1.67. The molecule has 1 aliphatic heterocycles. The largest absolute Gasteiger partial charge is 0.504 e. The van der Waals surface area contributed by atoms with Gasteiger partial charge in [-0.1, -0.05) is 6.07 Å². The fraction of sp³-hybridized carbons (Fsp3) is 0.400. The zero-order valence-corrected chi connectivity index (χ0v) is 15.2. The van der Waals surface area contributed by atoms with Crippen LogP contribution in [0.4, 0.5) is 0 Å². The predicted octanol–water partition coefficient (Wildman–Crippen LogP) is 3.20. The second-order valence-corrected chi connectivity index (χ2v) is 6.64. The van der Waals surface area contributed by atoms with E-state index in [0.29, 0.717) is 11.5 Å². The lowest BCUT2D eigenvalue weighted by Crippen LogP contribution is -2.33. The normalized spacial score (nSPS) is 17.2. The van der Waals surface area contributed by atoms with Crippen LogP contribution in [0.2, 0.25) is 0 Å². The van der Waals surface area contributed by atoms with Gasteiger partial charge in [0.05, 0.1) is 14.2 Å². The van der Waals surface area contributed by atoms with Crippen LogP contribution in [-0.2, 0) is 12.8 Å². The highest BCUT2D eigenvalue weighted by Crippen LogP contribution is 2.39. The lowest BCUT2D eigenvalue weighted by molar-refractivity contribution is 0.228. The average molecular weight is 343 g/mol. The van der Waals surface area contributed by atoms with E-state index in [1.165, 1.54) is 5.56 Å². The van der Waals surface area contributed by atoms with Crippen molar-refractivity contribution in [2.45, 2.75) is 25.8 Å². The number of hydrogen-bond donors (Lipinski definition) is 2. The minimum atomic E-state index is 0.132. The van der Waals surface area contributed by atoms with Gasteiger partial charge in [0.1, 0.15) is 0 Å². The third-order valence-corrected chi connectivity index (χ3v) is 5.01. The summed E-state index contributed by atoms with van der Waals surface area (Å²) in [6, 6.07) is 7.68. The molecule has 0 saturated heterocycles. The molecule has 0 saturated carbocycles. The van der Waals surface area contributed by atoms with Crippen molar-refractivity contribution in [3.05, 3.63) is 46.5 Å². The topological polar surface area (TPSA) is 62.2 Å². The number of phenolic OH excluding ortho intramolecular Hbond substituents is 2. The van der Waals surface area contributed by atoms with Crippen molar-refractivity contribution in [1.29, 1.82) is 0 Å². The molecule has 2 N–H and O–H groups in total. The summed E-state index contributed by atoms with van der Waals surface area (Å²) in [7, 11) is 5.21. The minimum Gasteiger partial charge on any atom is -0.504 e. The van der Waals surface area contributed by atoms with E-state index in [0.717, 1.165) is 36.1 Å². The Bertz CT molecular complexity index is 765. The second-order valence-electron chi connectivity index (χ2n) is 6.64. The van der Waals surface area contributed by atoms with E-state index < -0.39 is 0 Å². The van der Waals surface area contributed by atoms with Crippen LogP contribution in [0.25, 0.3) is 0 Å². The van der Waals surface area contributed by atoms with E-state index in [1.54, 1.807) is 20.3 Å². The molecule has 0 aromatic heterocycles. The van der Waals surface area contributed by atoms with Crippen molar-refractivity contribution >= 4 is 0 Å². The summed E-state index contributed by atoms with van der Waals surface area (Å²) >= 11 is 0. The number of aromatic hydroxyl groups is 2. The number of benzene rings is 2. The zero-order valence-electron chi connectivity index (χ0n) is 15.2. The maximum Gasteiger partial charge on any atom is 0.163 e. The highest BCUT2D eigenvalue weighted by atomic mass is 16.5. The van der Waals surface area contributed by atoms with E-state index in [-0.39, 0.29) is 17.5 Å². The zero-order chi connectivity index (χ0) is 18.1. The summed E-state index contributed by atoms with van der Waals surface area (Å²) in [5.41, 5.74) is 4.26. The number of nitrogens with zero attached hydrogens (tertiary/aromatic N) is 1. The summed E-state index contributed by atoms with van der Waals surface area (Å²) in [4.78, 5) is 2.28. The van der Waals surface area contributed by atoms with E-state index >= 15 is 0 Å². The molecule has 1 aliphatic rings. The van der Waals surface area contributed by atoms with Gasteiger partial charge in [-0.15, -0.1) is 0 Å². The van der Waals surface area contributed by atoms with Crippen LogP contribution >= 0.6 is 0 Å². The van der Waals surface area contributed by atoms with Crippen LogP contribution in [0, 0.1) is 6.92 Å². The molecule has 134 valence electrons. The molecule has 0 radical (unpaired) electrons. The predicted molar refractivity (Wildman–Crippen MR) is 96.8 cm³/mol. The first-order valence-electron chi connectivity index (χ1n) is 8.41. The van der Waals surface area contributed by atoms with Crippen molar-refractivity contribution < 1.29 is 19.7 Å². The van der Waals surface area contributed by atoms with Crippen molar-refractivity contribution in [2.75, 3.05) is 27.8 Å². The number of methoxy groups -OCH3 is 2. The molecular weight excluding hydrogens is 318 g/mol. The number of fused-ring (bicyclic) bond motifs is 1. The molecule has 5 heteroatoms. The number of rotatable bonds is 4. The molecule has 0 bridgehead atoms. The third-order valence-electron chi connectivity index (χ3n) is 5.01. The Hall–Kier alpha value is -2.40. The monoisotopic (exact) mass is 343 g/mol. The van der Waals surface area contributed by atoms with Gasteiger partial charge < -0.3 is 19.7 Å². The number of likely N-dealkylation sites (N-methyl/N-ethyl adjacent to an activating group) is 1. The Morgan fingerprint density at radius 2 is 1.84 bits per heavy atom. The molecule has 0 fully saturated rings. The molecule has 2 aromatic carbocycles. The van der Waals surface area contributed by atoms with E-state index in [9.17, 15) is 10.2 Å². The van der Waals surface area contributed by atoms with Gasteiger partial charge >= 0.3 is 0 Å². The van der Waals surface area contributed by atoms with Gasteiger partial charge in [-0.25, -0.2) is 0 Å². The molecule has 2 aromatic rings. The lowest BCUT2D eigenvalue weighted by atomic mass is 9.88. The Labute approximate surface area is 148 Å². The van der Waals surface area contributed by atoms with Gasteiger partial charge in [-0.05, 0) is 67.3 Å². The summed E-state index contributed by atoms with van der Waals surface area (Å²) in [6.45, 7) is 2.87. The van der Waals surface area contributed by atoms with Crippen LogP contribution in [-0.4, -0.2) is 42.9 Å². The Kier molecular flexibility index (Phi) is 4.77. The maximum atomic E-state index is 10.2. The molecule has 0 unspecified atom stereocenters. The fourth-order valence-electron chi connectivity index (χ4n) is 3.71.